The molecule has 0 aromatic rings. The van der Waals surface area contributed by atoms with Crippen molar-refractivity contribution in [2.45, 2.75) is 34.1 Å². The first-order valence-electron chi connectivity index (χ1n) is 9.78. The number of carbonyl (C=O) groups is 2. The summed E-state index contributed by atoms with van der Waals surface area (Å²) in [6.07, 6.45) is 1.22. The monoisotopic (exact) mass is 353 g/mol. The molecule has 2 aliphatic rings. The first-order valence-corrected chi connectivity index (χ1v) is 9.78. The van der Waals surface area contributed by atoms with Gasteiger partial charge in [-0.3, -0.25) is 19.4 Å². The lowest BCUT2D eigenvalue weighted by atomic mass is 9.92. The molecule has 0 spiro atoms. The molecule has 2 aliphatic heterocycles. The maximum atomic E-state index is 12.6. The van der Waals surface area contributed by atoms with E-state index in [4.69, 9.17) is 4.74 Å². The summed E-state index contributed by atoms with van der Waals surface area (Å²) in [4.78, 5) is 30.9. The fourth-order valence-corrected chi connectivity index (χ4v) is 4.03. The van der Waals surface area contributed by atoms with Gasteiger partial charge in [-0.15, -0.1) is 0 Å². The van der Waals surface area contributed by atoms with Gasteiger partial charge in [0.1, 0.15) is 0 Å². The maximum Gasteiger partial charge on any atom is 0.309 e. The van der Waals surface area contributed by atoms with Gasteiger partial charge < -0.3 is 9.64 Å². The molecule has 2 saturated heterocycles. The Labute approximate surface area is 152 Å². The van der Waals surface area contributed by atoms with E-state index in [1.807, 2.05) is 18.7 Å². The number of rotatable bonds is 6. The Morgan fingerprint density at radius 3 is 2.16 bits per heavy atom. The molecule has 2 heterocycles. The molecule has 0 unspecified atom stereocenters. The topological polar surface area (TPSA) is 53.1 Å². The van der Waals surface area contributed by atoms with Crippen molar-refractivity contribution in [3.63, 3.8) is 0 Å². The second-order valence-corrected chi connectivity index (χ2v) is 7.97. The summed E-state index contributed by atoms with van der Waals surface area (Å²) < 4.78 is 5.08. The molecule has 6 nitrogen and oxygen atoms in total. The van der Waals surface area contributed by atoms with E-state index < -0.39 is 0 Å². The highest BCUT2D eigenvalue weighted by Gasteiger charge is 2.28. The van der Waals surface area contributed by atoms with Crippen LogP contribution in [0.5, 0.6) is 0 Å². The smallest absolute Gasteiger partial charge is 0.309 e. The first kappa shape index (κ1) is 20.2. The van der Waals surface area contributed by atoms with Gasteiger partial charge in [-0.05, 0) is 25.2 Å². The van der Waals surface area contributed by atoms with E-state index in [1.54, 1.807) is 0 Å². The zero-order chi connectivity index (χ0) is 18.4. The third-order valence-corrected chi connectivity index (χ3v) is 5.27. The molecule has 25 heavy (non-hydrogen) atoms. The normalized spacial score (nSPS) is 27.1. The van der Waals surface area contributed by atoms with Crippen LogP contribution in [0.15, 0.2) is 0 Å². The second kappa shape index (κ2) is 9.53. The molecular weight excluding hydrogens is 318 g/mol. The molecule has 3 atom stereocenters. The van der Waals surface area contributed by atoms with Gasteiger partial charge in [0.05, 0.1) is 19.1 Å². The van der Waals surface area contributed by atoms with Gasteiger partial charge in [0.2, 0.25) is 5.91 Å². The lowest BCUT2D eigenvalue weighted by Gasteiger charge is -2.38. The van der Waals surface area contributed by atoms with Gasteiger partial charge in [-0.25, -0.2) is 0 Å². The number of esters is 1. The lowest BCUT2D eigenvalue weighted by Crippen LogP contribution is -2.52. The Balaban J connectivity index is 1.71. The molecule has 2 fully saturated rings. The highest BCUT2D eigenvalue weighted by atomic mass is 16.5. The molecule has 0 saturated carbocycles. The Kier molecular flexibility index (Phi) is 7.69. The van der Waals surface area contributed by atoms with E-state index in [0.717, 1.165) is 45.8 Å². The Hall–Kier alpha value is -1.14. The van der Waals surface area contributed by atoms with E-state index in [2.05, 4.69) is 23.6 Å². The zero-order valence-electron chi connectivity index (χ0n) is 16.4. The minimum Gasteiger partial charge on any atom is -0.466 e. The molecule has 0 aromatic heterocycles. The van der Waals surface area contributed by atoms with Gasteiger partial charge in [-0.1, -0.05) is 20.8 Å². The SMILES string of the molecule is CCOC(=O)[C@H](C)CN1CCN(CC(=O)N2C[C@@H](C)C[C@H](C)C2)CC1. The van der Waals surface area contributed by atoms with E-state index in [9.17, 15) is 9.59 Å². The molecule has 0 bridgehead atoms. The molecule has 0 aliphatic carbocycles. The molecule has 0 aromatic carbocycles. The van der Waals surface area contributed by atoms with Crippen molar-refractivity contribution in [1.82, 2.24) is 14.7 Å². The first-order chi connectivity index (χ1) is 11.9. The van der Waals surface area contributed by atoms with Gasteiger partial charge in [0.25, 0.3) is 0 Å². The Morgan fingerprint density at radius 1 is 1.04 bits per heavy atom. The van der Waals surface area contributed by atoms with Crippen molar-refractivity contribution in [3.8, 4) is 0 Å². The van der Waals surface area contributed by atoms with Crippen molar-refractivity contribution in [2.75, 3.05) is 59.0 Å². The third kappa shape index (κ3) is 6.26. The van der Waals surface area contributed by atoms with Gasteiger partial charge >= 0.3 is 5.97 Å². The van der Waals surface area contributed by atoms with Crippen molar-refractivity contribution >= 4 is 11.9 Å². The van der Waals surface area contributed by atoms with Crippen molar-refractivity contribution in [2.24, 2.45) is 17.8 Å². The molecule has 144 valence electrons. The van der Waals surface area contributed by atoms with Crippen molar-refractivity contribution in [3.05, 3.63) is 0 Å². The minimum absolute atomic E-state index is 0.0931. The van der Waals surface area contributed by atoms with Crippen LogP contribution in [0.25, 0.3) is 0 Å². The van der Waals surface area contributed by atoms with Crippen LogP contribution in [-0.2, 0) is 14.3 Å². The number of amides is 1. The average molecular weight is 354 g/mol. The van der Waals surface area contributed by atoms with Crippen LogP contribution in [0.1, 0.15) is 34.1 Å². The molecule has 2 rings (SSSR count). The number of ether oxygens (including phenoxy) is 1. The molecule has 6 heteroatoms. The van der Waals surface area contributed by atoms with E-state index in [-0.39, 0.29) is 17.8 Å². The van der Waals surface area contributed by atoms with Gasteiger partial charge in [0, 0.05) is 45.8 Å². The minimum atomic E-state index is -0.117. The van der Waals surface area contributed by atoms with Gasteiger partial charge in [-0.2, -0.15) is 0 Å². The Bertz CT molecular complexity index is 439. The summed E-state index contributed by atoms with van der Waals surface area (Å²) >= 11 is 0. The highest BCUT2D eigenvalue weighted by Crippen LogP contribution is 2.21. The standard InChI is InChI=1S/C19H35N3O3/c1-5-25-19(24)17(4)13-20-6-8-21(9-7-20)14-18(23)22-11-15(2)10-16(3)12-22/h15-17H,5-14H2,1-4H3/t15-,16-,17+/m0/s1. The van der Waals surface area contributed by atoms with Crippen LogP contribution in [0.3, 0.4) is 0 Å². The van der Waals surface area contributed by atoms with Crippen molar-refractivity contribution < 1.29 is 14.3 Å². The number of hydrogen-bond donors (Lipinski definition) is 0. The fourth-order valence-electron chi connectivity index (χ4n) is 4.03. The highest BCUT2D eigenvalue weighted by molar-refractivity contribution is 5.78. The van der Waals surface area contributed by atoms with E-state index >= 15 is 0 Å². The number of carbonyl (C=O) groups excluding carboxylic acids is 2. The van der Waals surface area contributed by atoms with Crippen LogP contribution < -0.4 is 0 Å². The second-order valence-electron chi connectivity index (χ2n) is 7.97. The number of hydrogen-bond acceptors (Lipinski definition) is 5. The van der Waals surface area contributed by atoms with E-state index in [1.165, 1.54) is 6.42 Å². The molecular formula is C19H35N3O3. The van der Waals surface area contributed by atoms with E-state index in [0.29, 0.717) is 25.0 Å². The summed E-state index contributed by atoms with van der Waals surface area (Å²) in [6.45, 7) is 15.3. The van der Waals surface area contributed by atoms with Gasteiger partial charge in [0.15, 0.2) is 0 Å². The summed E-state index contributed by atoms with van der Waals surface area (Å²) in [7, 11) is 0. The number of likely N-dealkylation sites (tertiary alicyclic amines) is 1. The molecule has 1 amide bonds. The van der Waals surface area contributed by atoms with Crippen molar-refractivity contribution in [1.29, 1.82) is 0 Å². The van der Waals surface area contributed by atoms with Crippen LogP contribution >= 0.6 is 0 Å². The largest absolute Gasteiger partial charge is 0.466 e. The molecule has 0 N–H and O–H groups in total. The Morgan fingerprint density at radius 2 is 1.60 bits per heavy atom. The summed E-state index contributed by atoms with van der Waals surface area (Å²) in [5.74, 6) is 1.27. The van der Waals surface area contributed by atoms with Crippen LogP contribution in [0.4, 0.5) is 0 Å². The van der Waals surface area contributed by atoms with Crippen LogP contribution in [-0.4, -0.2) is 85.5 Å². The fraction of sp³-hybridized carbons (Fsp3) is 0.895. The molecule has 0 radical (unpaired) electrons. The third-order valence-electron chi connectivity index (χ3n) is 5.27. The summed E-state index contributed by atoms with van der Waals surface area (Å²) in [5, 5.41) is 0. The average Bonchev–Trinajstić information content (AvgIpc) is 2.56. The number of nitrogens with zero attached hydrogens (tertiary/aromatic N) is 3. The predicted octanol–water partition coefficient (Wildman–Crippen LogP) is 1.31. The van der Waals surface area contributed by atoms with Crippen LogP contribution in [0, 0.1) is 17.8 Å². The summed E-state index contributed by atoms with van der Waals surface area (Å²) in [6, 6.07) is 0. The number of piperazine rings is 1. The zero-order valence-corrected chi connectivity index (χ0v) is 16.4. The maximum absolute atomic E-state index is 12.6. The predicted molar refractivity (Wildman–Crippen MR) is 98.2 cm³/mol. The summed E-state index contributed by atoms with van der Waals surface area (Å²) in [5.41, 5.74) is 0. The quantitative estimate of drug-likeness (QED) is 0.674. The van der Waals surface area contributed by atoms with Crippen LogP contribution in [0.2, 0.25) is 0 Å². The lowest BCUT2D eigenvalue weighted by molar-refractivity contribution is -0.148. The number of piperidine rings is 1.